The highest BCUT2D eigenvalue weighted by molar-refractivity contribution is 8.13. The highest BCUT2D eigenvalue weighted by Crippen LogP contribution is 2.37. The molecule has 0 amide bonds. The van der Waals surface area contributed by atoms with E-state index in [9.17, 15) is 8.42 Å². The minimum Gasteiger partial charge on any atom is -0.315 e. The van der Waals surface area contributed by atoms with Gasteiger partial charge in [0.2, 0.25) is 0 Å². The summed E-state index contributed by atoms with van der Waals surface area (Å²) in [6, 6.07) is 14.6. The SMILES string of the molecule is Cc1cccc(CSC2=NC3CS(=O)(=O)CC3N2c2cc(C)ccc2C)c1. The van der Waals surface area contributed by atoms with Crippen LogP contribution in [0.2, 0.25) is 0 Å². The van der Waals surface area contributed by atoms with Gasteiger partial charge in [0.15, 0.2) is 15.0 Å². The standard InChI is InChI=1S/C21H24N2O2S2/c1-14-5-4-6-17(9-14)11-26-21-22-18-12-27(24,25)13-20(18)23(21)19-10-15(2)7-8-16(19)3/h4-10,18,20H,11-13H2,1-3H3. The van der Waals surface area contributed by atoms with E-state index in [1.807, 2.05) is 0 Å². The van der Waals surface area contributed by atoms with E-state index in [1.54, 1.807) is 11.8 Å². The van der Waals surface area contributed by atoms with Crippen molar-refractivity contribution in [2.75, 3.05) is 16.4 Å². The lowest BCUT2D eigenvalue weighted by Crippen LogP contribution is -2.39. The molecule has 2 aliphatic rings. The molecule has 2 atom stereocenters. The molecule has 6 heteroatoms. The molecule has 2 aromatic rings. The Hall–Kier alpha value is -1.79. The van der Waals surface area contributed by atoms with Crippen molar-refractivity contribution in [3.8, 4) is 0 Å². The van der Waals surface area contributed by atoms with E-state index in [2.05, 4.69) is 68.1 Å². The molecule has 2 unspecified atom stereocenters. The molecule has 2 aliphatic heterocycles. The van der Waals surface area contributed by atoms with Crippen LogP contribution in [0.5, 0.6) is 0 Å². The van der Waals surface area contributed by atoms with Crippen molar-refractivity contribution in [2.45, 2.75) is 38.6 Å². The zero-order chi connectivity index (χ0) is 19.2. The number of anilines is 1. The number of fused-ring (bicyclic) bond motifs is 1. The highest BCUT2D eigenvalue weighted by Gasteiger charge is 2.47. The van der Waals surface area contributed by atoms with Crippen molar-refractivity contribution in [2.24, 2.45) is 4.99 Å². The van der Waals surface area contributed by atoms with Crippen LogP contribution in [-0.2, 0) is 15.6 Å². The summed E-state index contributed by atoms with van der Waals surface area (Å²) in [6.45, 7) is 6.24. The second-order valence-electron chi connectivity index (χ2n) is 7.56. The predicted molar refractivity (Wildman–Crippen MR) is 115 cm³/mol. The van der Waals surface area contributed by atoms with Crippen LogP contribution in [0.1, 0.15) is 22.3 Å². The molecule has 2 heterocycles. The Balaban J connectivity index is 1.66. The zero-order valence-corrected chi connectivity index (χ0v) is 17.5. The quantitative estimate of drug-likeness (QED) is 0.784. The first-order valence-electron chi connectivity index (χ1n) is 9.15. The molecule has 4 nitrogen and oxygen atoms in total. The van der Waals surface area contributed by atoms with Crippen LogP contribution in [0.25, 0.3) is 0 Å². The number of aryl methyl sites for hydroxylation is 3. The smallest absolute Gasteiger partial charge is 0.164 e. The van der Waals surface area contributed by atoms with E-state index >= 15 is 0 Å². The van der Waals surface area contributed by atoms with Crippen molar-refractivity contribution in [1.82, 2.24) is 0 Å². The molecule has 0 spiro atoms. The fourth-order valence-electron chi connectivity index (χ4n) is 3.84. The second kappa shape index (κ2) is 6.99. The Bertz CT molecular complexity index is 1010. The number of thioether (sulfide) groups is 1. The molecule has 0 aliphatic carbocycles. The van der Waals surface area contributed by atoms with Crippen LogP contribution in [0.4, 0.5) is 5.69 Å². The summed E-state index contributed by atoms with van der Waals surface area (Å²) in [5.74, 6) is 1.17. The Labute approximate surface area is 165 Å². The van der Waals surface area contributed by atoms with Gasteiger partial charge in [0, 0.05) is 11.4 Å². The Kier molecular flexibility index (Phi) is 4.80. The average molecular weight is 401 g/mol. The van der Waals surface area contributed by atoms with Crippen LogP contribution < -0.4 is 4.90 Å². The first kappa shape index (κ1) is 18.6. The van der Waals surface area contributed by atoms with Crippen molar-refractivity contribution >= 4 is 32.5 Å². The fourth-order valence-corrected chi connectivity index (χ4v) is 6.75. The minimum atomic E-state index is -3.02. The highest BCUT2D eigenvalue weighted by atomic mass is 32.2. The fraction of sp³-hybridized carbons (Fsp3) is 0.381. The van der Waals surface area contributed by atoms with E-state index in [0.29, 0.717) is 0 Å². The number of rotatable bonds is 3. The number of sulfone groups is 1. The van der Waals surface area contributed by atoms with E-state index in [1.165, 1.54) is 16.7 Å². The number of aliphatic imine (C=N–C) groups is 1. The molecule has 0 N–H and O–H groups in total. The molecule has 0 radical (unpaired) electrons. The lowest BCUT2D eigenvalue weighted by atomic mass is 10.1. The van der Waals surface area contributed by atoms with Crippen molar-refractivity contribution in [1.29, 1.82) is 0 Å². The first-order chi connectivity index (χ1) is 12.8. The van der Waals surface area contributed by atoms with Gasteiger partial charge < -0.3 is 4.90 Å². The monoisotopic (exact) mass is 400 g/mol. The van der Waals surface area contributed by atoms with Crippen molar-refractivity contribution < 1.29 is 8.42 Å². The van der Waals surface area contributed by atoms with Gasteiger partial charge in [-0.1, -0.05) is 53.7 Å². The molecule has 2 aromatic carbocycles. The van der Waals surface area contributed by atoms with E-state index in [0.717, 1.165) is 22.2 Å². The summed E-state index contributed by atoms with van der Waals surface area (Å²) in [7, 11) is -3.02. The maximum atomic E-state index is 12.2. The van der Waals surface area contributed by atoms with Crippen molar-refractivity contribution in [3.63, 3.8) is 0 Å². The Morgan fingerprint density at radius 1 is 1.07 bits per heavy atom. The number of hydrogen-bond acceptors (Lipinski definition) is 5. The molecule has 0 saturated carbocycles. The summed E-state index contributed by atoms with van der Waals surface area (Å²) < 4.78 is 24.4. The third-order valence-electron chi connectivity index (χ3n) is 5.18. The molecule has 142 valence electrons. The molecule has 4 rings (SSSR count). The normalized spacial score (nSPS) is 23.4. The number of nitrogens with zero attached hydrogens (tertiary/aromatic N) is 2. The molecule has 1 fully saturated rings. The summed E-state index contributed by atoms with van der Waals surface area (Å²) in [5, 5.41) is 0.940. The maximum Gasteiger partial charge on any atom is 0.164 e. The second-order valence-corrected chi connectivity index (χ2v) is 10.7. The molecular weight excluding hydrogens is 376 g/mol. The van der Waals surface area contributed by atoms with Crippen molar-refractivity contribution in [3.05, 3.63) is 64.7 Å². The van der Waals surface area contributed by atoms with Crippen LogP contribution >= 0.6 is 11.8 Å². The van der Waals surface area contributed by atoms with Gasteiger partial charge in [-0.15, -0.1) is 0 Å². The molecule has 1 saturated heterocycles. The first-order valence-corrected chi connectivity index (χ1v) is 12.0. The van der Waals surface area contributed by atoms with Gasteiger partial charge in [-0.2, -0.15) is 0 Å². The van der Waals surface area contributed by atoms with Gasteiger partial charge in [-0.05, 0) is 43.5 Å². The molecule has 27 heavy (non-hydrogen) atoms. The number of hydrogen-bond donors (Lipinski definition) is 0. The van der Waals surface area contributed by atoms with E-state index in [4.69, 9.17) is 4.99 Å². The lowest BCUT2D eigenvalue weighted by molar-refractivity contribution is 0.601. The van der Waals surface area contributed by atoms with Gasteiger partial charge >= 0.3 is 0 Å². The number of benzene rings is 2. The molecule has 0 aromatic heterocycles. The van der Waals surface area contributed by atoms with Crippen LogP contribution in [-0.4, -0.2) is 37.2 Å². The minimum absolute atomic E-state index is 0.0875. The van der Waals surface area contributed by atoms with Crippen LogP contribution in [0.15, 0.2) is 47.5 Å². The van der Waals surface area contributed by atoms with Gasteiger partial charge in [0.1, 0.15) is 0 Å². The number of amidine groups is 1. The largest absolute Gasteiger partial charge is 0.315 e. The third kappa shape index (κ3) is 3.78. The summed E-state index contributed by atoms with van der Waals surface area (Å²) in [4.78, 5) is 7.02. The Morgan fingerprint density at radius 2 is 1.85 bits per heavy atom. The third-order valence-corrected chi connectivity index (χ3v) is 7.92. The van der Waals surface area contributed by atoms with Crippen LogP contribution in [0.3, 0.4) is 0 Å². The lowest BCUT2D eigenvalue weighted by Gasteiger charge is -2.28. The summed E-state index contributed by atoms with van der Waals surface area (Å²) in [5.41, 5.74) is 5.90. The Morgan fingerprint density at radius 3 is 2.63 bits per heavy atom. The predicted octanol–water partition coefficient (Wildman–Crippen LogP) is 3.89. The maximum absolute atomic E-state index is 12.2. The topological polar surface area (TPSA) is 49.7 Å². The van der Waals surface area contributed by atoms with E-state index < -0.39 is 9.84 Å². The average Bonchev–Trinajstić information content (AvgIpc) is 3.06. The van der Waals surface area contributed by atoms with Crippen LogP contribution in [0, 0.1) is 20.8 Å². The van der Waals surface area contributed by atoms with Gasteiger partial charge in [-0.25, -0.2) is 8.42 Å². The molecule has 0 bridgehead atoms. The summed E-state index contributed by atoms with van der Waals surface area (Å²) >= 11 is 1.70. The molecular formula is C21H24N2O2S2. The van der Waals surface area contributed by atoms with E-state index in [-0.39, 0.29) is 23.6 Å². The zero-order valence-electron chi connectivity index (χ0n) is 15.8. The van der Waals surface area contributed by atoms with Gasteiger partial charge in [0.05, 0.1) is 23.6 Å². The van der Waals surface area contributed by atoms with Gasteiger partial charge in [0.25, 0.3) is 0 Å². The van der Waals surface area contributed by atoms with Gasteiger partial charge in [-0.3, -0.25) is 4.99 Å². The summed E-state index contributed by atoms with van der Waals surface area (Å²) in [6.07, 6.45) is 0.